The van der Waals surface area contributed by atoms with E-state index in [0.717, 1.165) is 6.42 Å². The van der Waals surface area contributed by atoms with Crippen molar-refractivity contribution in [3.63, 3.8) is 0 Å². The Morgan fingerprint density at radius 2 is 2.06 bits per heavy atom. The van der Waals surface area contributed by atoms with Gasteiger partial charge in [-0.1, -0.05) is 18.2 Å². The molecule has 3 N–H and O–H groups in total. The molecular formula is C13H16FN3O. The molecule has 18 heavy (non-hydrogen) atoms. The van der Waals surface area contributed by atoms with Crippen LogP contribution in [-0.4, -0.2) is 16.3 Å². The molecule has 0 saturated heterocycles. The highest BCUT2D eigenvalue weighted by Crippen LogP contribution is 2.07. The number of nitrogens with two attached hydrogens (primary N) is 1. The topological polar surface area (TPSA) is 63.8 Å². The van der Waals surface area contributed by atoms with E-state index in [1.165, 1.54) is 10.7 Å². The number of halogens is 1. The lowest BCUT2D eigenvalue weighted by Crippen LogP contribution is -2.20. The molecule has 0 unspecified atom stereocenters. The first-order chi connectivity index (χ1) is 8.72. The summed E-state index contributed by atoms with van der Waals surface area (Å²) in [6.45, 7) is 0.770. The molecule has 0 fully saturated rings. The highest BCUT2D eigenvalue weighted by Gasteiger charge is 2.08. The molecule has 1 heterocycles. The van der Waals surface area contributed by atoms with Crippen molar-refractivity contribution in [2.75, 3.05) is 6.54 Å². The van der Waals surface area contributed by atoms with Crippen molar-refractivity contribution >= 4 is 0 Å². The van der Waals surface area contributed by atoms with Gasteiger partial charge in [-0.15, -0.1) is 0 Å². The van der Waals surface area contributed by atoms with Gasteiger partial charge < -0.3 is 10.8 Å². The predicted octanol–water partition coefficient (Wildman–Crippen LogP) is 1.26. The maximum absolute atomic E-state index is 13.5. The van der Waals surface area contributed by atoms with E-state index in [4.69, 9.17) is 5.73 Å². The summed E-state index contributed by atoms with van der Waals surface area (Å²) in [5, 5.41) is 2.86. The molecule has 0 aliphatic rings. The molecule has 0 amide bonds. The zero-order valence-corrected chi connectivity index (χ0v) is 10.0. The number of aromatic amines is 1. The van der Waals surface area contributed by atoms with Gasteiger partial charge in [0.1, 0.15) is 5.82 Å². The number of aromatic nitrogens is 2. The van der Waals surface area contributed by atoms with Crippen molar-refractivity contribution in [3.05, 3.63) is 57.8 Å². The SMILES string of the molecule is NCCCc1c[nH]n(Cc2ccccc2F)c1=O. The summed E-state index contributed by atoms with van der Waals surface area (Å²) in [7, 11) is 0. The Bertz CT molecular complexity index is 574. The van der Waals surface area contributed by atoms with Crippen LogP contribution in [0.4, 0.5) is 4.39 Å². The van der Waals surface area contributed by atoms with Crippen molar-refractivity contribution in [3.8, 4) is 0 Å². The number of H-pyrrole nitrogens is 1. The Balaban J connectivity index is 2.18. The number of aryl methyl sites for hydroxylation is 1. The zero-order valence-electron chi connectivity index (χ0n) is 10.0. The van der Waals surface area contributed by atoms with Gasteiger partial charge in [-0.05, 0) is 25.5 Å². The summed E-state index contributed by atoms with van der Waals surface area (Å²) >= 11 is 0. The summed E-state index contributed by atoms with van der Waals surface area (Å²) in [5.41, 5.74) is 6.49. The Morgan fingerprint density at radius 1 is 1.28 bits per heavy atom. The number of rotatable bonds is 5. The largest absolute Gasteiger partial charge is 0.330 e. The molecule has 0 radical (unpaired) electrons. The number of hydrogen-bond donors (Lipinski definition) is 2. The van der Waals surface area contributed by atoms with Gasteiger partial charge in [-0.25, -0.2) is 9.07 Å². The minimum absolute atomic E-state index is 0.105. The van der Waals surface area contributed by atoms with Gasteiger partial charge in [0.05, 0.1) is 6.54 Å². The molecule has 0 bridgehead atoms. The van der Waals surface area contributed by atoms with Crippen molar-refractivity contribution in [2.24, 2.45) is 5.73 Å². The van der Waals surface area contributed by atoms with E-state index >= 15 is 0 Å². The number of hydrogen-bond acceptors (Lipinski definition) is 2. The zero-order chi connectivity index (χ0) is 13.0. The molecule has 0 aliphatic heterocycles. The van der Waals surface area contributed by atoms with Crippen LogP contribution in [-0.2, 0) is 13.0 Å². The Labute approximate surface area is 104 Å². The second-order valence-corrected chi connectivity index (χ2v) is 4.17. The lowest BCUT2D eigenvalue weighted by atomic mass is 10.2. The lowest BCUT2D eigenvalue weighted by Gasteiger charge is -2.03. The van der Waals surface area contributed by atoms with Crippen LogP contribution in [0.25, 0.3) is 0 Å². The second-order valence-electron chi connectivity index (χ2n) is 4.17. The quantitative estimate of drug-likeness (QED) is 0.837. The molecule has 0 atom stereocenters. The van der Waals surface area contributed by atoms with Gasteiger partial charge in [-0.2, -0.15) is 0 Å². The summed E-state index contributed by atoms with van der Waals surface area (Å²) in [6, 6.07) is 6.44. The van der Waals surface area contributed by atoms with Crippen LogP contribution >= 0.6 is 0 Å². The molecule has 1 aromatic heterocycles. The molecule has 1 aromatic carbocycles. The van der Waals surface area contributed by atoms with Crippen molar-refractivity contribution in [1.29, 1.82) is 0 Å². The van der Waals surface area contributed by atoms with Crippen LogP contribution in [0, 0.1) is 5.82 Å². The summed E-state index contributed by atoms with van der Waals surface area (Å²) in [4.78, 5) is 12.0. The highest BCUT2D eigenvalue weighted by molar-refractivity contribution is 5.18. The van der Waals surface area contributed by atoms with Gasteiger partial charge in [0.2, 0.25) is 0 Å². The van der Waals surface area contributed by atoms with Crippen molar-refractivity contribution < 1.29 is 4.39 Å². The molecule has 0 spiro atoms. The monoisotopic (exact) mass is 249 g/mol. The maximum atomic E-state index is 13.5. The van der Waals surface area contributed by atoms with E-state index < -0.39 is 0 Å². The van der Waals surface area contributed by atoms with Gasteiger partial charge >= 0.3 is 0 Å². The first-order valence-electron chi connectivity index (χ1n) is 5.93. The molecule has 0 saturated carbocycles. The summed E-state index contributed by atoms with van der Waals surface area (Å²) in [6.07, 6.45) is 3.09. The smallest absolute Gasteiger partial charge is 0.269 e. The van der Waals surface area contributed by atoms with Crippen LogP contribution in [0.3, 0.4) is 0 Å². The average Bonchev–Trinajstić information content (AvgIpc) is 2.71. The standard InChI is InChI=1S/C13H16FN3O/c14-12-6-2-1-4-11(12)9-17-13(18)10(8-16-17)5-3-7-15/h1-2,4,6,8,16H,3,5,7,9,15H2. The Morgan fingerprint density at radius 3 is 2.78 bits per heavy atom. The van der Waals surface area contributed by atoms with Crippen LogP contribution in [0.15, 0.2) is 35.3 Å². The van der Waals surface area contributed by atoms with Crippen LogP contribution in [0.2, 0.25) is 0 Å². The lowest BCUT2D eigenvalue weighted by molar-refractivity contribution is 0.579. The van der Waals surface area contributed by atoms with Crippen LogP contribution < -0.4 is 11.3 Å². The second kappa shape index (κ2) is 5.64. The summed E-state index contributed by atoms with van der Waals surface area (Å²) in [5.74, 6) is -0.303. The van der Waals surface area contributed by atoms with Crippen molar-refractivity contribution in [1.82, 2.24) is 9.78 Å². The van der Waals surface area contributed by atoms with Crippen LogP contribution in [0.1, 0.15) is 17.5 Å². The molecule has 2 rings (SSSR count). The first-order valence-corrected chi connectivity index (χ1v) is 5.93. The fourth-order valence-corrected chi connectivity index (χ4v) is 1.84. The number of nitrogens with zero attached hydrogens (tertiary/aromatic N) is 1. The van der Waals surface area contributed by atoms with E-state index in [1.807, 2.05) is 0 Å². The normalized spacial score (nSPS) is 10.8. The maximum Gasteiger partial charge on any atom is 0.269 e. The van der Waals surface area contributed by atoms with Gasteiger partial charge in [0, 0.05) is 17.3 Å². The number of benzene rings is 1. The average molecular weight is 249 g/mol. The third-order valence-corrected chi connectivity index (χ3v) is 2.85. The first kappa shape index (κ1) is 12.6. The van der Waals surface area contributed by atoms with E-state index in [0.29, 0.717) is 24.1 Å². The molecule has 4 nitrogen and oxygen atoms in total. The van der Waals surface area contributed by atoms with E-state index in [1.54, 1.807) is 24.4 Å². The number of nitrogens with one attached hydrogen (secondary N) is 1. The molecule has 5 heteroatoms. The fraction of sp³-hybridized carbons (Fsp3) is 0.308. The Kier molecular flexibility index (Phi) is 3.94. The molecule has 2 aromatic rings. The minimum Gasteiger partial charge on any atom is -0.330 e. The predicted molar refractivity (Wildman–Crippen MR) is 67.9 cm³/mol. The molecule has 96 valence electrons. The third kappa shape index (κ3) is 2.68. The van der Waals surface area contributed by atoms with E-state index in [2.05, 4.69) is 5.10 Å². The van der Waals surface area contributed by atoms with Crippen molar-refractivity contribution in [2.45, 2.75) is 19.4 Å². The van der Waals surface area contributed by atoms with Gasteiger partial charge in [0.15, 0.2) is 0 Å². The van der Waals surface area contributed by atoms with Crippen LogP contribution in [0.5, 0.6) is 0 Å². The Hall–Kier alpha value is -1.88. The molecular weight excluding hydrogens is 233 g/mol. The minimum atomic E-state index is -0.303. The summed E-state index contributed by atoms with van der Waals surface area (Å²) < 4.78 is 14.9. The van der Waals surface area contributed by atoms with E-state index in [-0.39, 0.29) is 17.9 Å². The highest BCUT2D eigenvalue weighted by atomic mass is 19.1. The molecule has 0 aliphatic carbocycles. The third-order valence-electron chi connectivity index (χ3n) is 2.85. The van der Waals surface area contributed by atoms with Gasteiger partial charge in [0.25, 0.3) is 5.56 Å². The fourth-order valence-electron chi connectivity index (χ4n) is 1.84. The van der Waals surface area contributed by atoms with E-state index in [9.17, 15) is 9.18 Å². The van der Waals surface area contributed by atoms with Gasteiger partial charge in [-0.3, -0.25) is 4.79 Å².